The minimum atomic E-state index is -0.0428. The van der Waals surface area contributed by atoms with Gasteiger partial charge in [0.2, 0.25) is 5.91 Å². The highest BCUT2D eigenvalue weighted by Crippen LogP contribution is 2.30. The van der Waals surface area contributed by atoms with E-state index in [-0.39, 0.29) is 10.7 Å². The monoisotopic (exact) mass is 335 g/mol. The molecule has 1 N–H and O–H groups in total. The topological polar surface area (TPSA) is 29.1 Å². The van der Waals surface area contributed by atoms with Gasteiger partial charge < -0.3 is 5.32 Å². The first-order valence-corrected chi connectivity index (χ1v) is 7.33. The first-order valence-electron chi connectivity index (χ1n) is 5.17. The van der Waals surface area contributed by atoms with Crippen LogP contribution in [-0.4, -0.2) is 16.4 Å². The van der Waals surface area contributed by atoms with Gasteiger partial charge in [-0.25, -0.2) is 0 Å². The quantitative estimate of drug-likeness (QED) is 0.876. The van der Waals surface area contributed by atoms with Gasteiger partial charge in [0, 0.05) is 9.22 Å². The lowest BCUT2D eigenvalue weighted by molar-refractivity contribution is -0.113. The van der Waals surface area contributed by atoms with Gasteiger partial charge >= 0.3 is 0 Å². The van der Waals surface area contributed by atoms with Crippen molar-refractivity contribution in [3.05, 3.63) is 27.7 Å². The summed E-state index contributed by atoms with van der Waals surface area (Å²) in [5.74, 6) is 0.375. The van der Waals surface area contributed by atoms with Gasteiger partial charge in [-0.1, -0.05) is 38.4 Å². The molecular formula is C12H15BrClNOS. The summed E-state index contributed by atoms with van der Waals surface area (Å²) in [6.45, 7) is 6.24. The van der Waals surface area contributed by atoms with E-state index in [9.17, 15) is 4.79 Å². The molecule has 0 saturated heterocycles. The molecule has 0 fully saturated rings. The highest BCUT2D eigenvalue weighted by Gasteiger charge is 2.15. The van der Waals surface area contributed by atoms with Crippen molar-refractivity contribution in [1.29, 1.82) is 0 Å². The van der Waals surface area contributed by atoms with Crippen LogP contribution in [0.3, 0.4) is 0 Å². The van der Waals surface area contributed by atoms with Crippen LogP contribution < -0.4 is 5.32 Å². The third-order valence-electron chi connectivity index (χ3n) is 1.86. The first-order chi connectivity index (χ1) is 7.79. The van der Waals surface area contributed by atoms with E-state index in [1.165, 1.54) is 0 Å². The number of thioether (sulfide) groups is 1. The van der Waals surface area contributed by atoms with E-state index >= 15 is 0 Å². The zero-order valence-corrected chi connectivity index (χ0v) is 13.2. The maximum absolute atomic E-state index is 11.8. The van der Waals surface area contributed by atoms with Gasteiger partial charge in [-0.3, -0.25) is 4.79 Å². The minimum absolute atomic E-state index is 0.0428. The van der Waals surface area contributed by atoms with Crippen LogP contribution in [0.4, 0.5) is 5.69 Å². The lowest BCUT2D eigenvalue weighted by Crippen LogP contribution is -2.19. The third-order valence-corrected chi connectivity index (χ3v) is 4.11. The van der Waals surface area contributed by atoms with Gasteiger partial charge in [-0.2, -0.15) is 0 Å². The molecule has 0 spiro atoms. The Morgan fingerprint density at radius 1 is 1.47 bits per heavy atom. The van der Waals surface area contributed by atoms with Crippen LogP contribution in [0, 0.1) is 0 Å². The molecule has 0 radical (unpaired) electrons. The van der Waals surface area contributed by atoms with Crippen molar-refractivity contribution in [1.82, 2.24) is 0 Å². The molecule has 0 saturated carbocycles. The van der Waals surface area contributed by atoms with Gasteiger partial charge in [0.1, 0.15) is 0 Å². The molecule has 94 valence electrons. The van der Waals surface area contributed by atoms with Crippen molar-refractivity contribution in [2.45, 2.75) is 25.5 Å². The van der Waals surface area contributed by atoms with E-state index in [2.05, 4.69) is 42.0 Å². The number of hydrogen-bond acceptors (Lipinski definition) is 2. The molecule has 0 aliphatic heterocycles. The van der Waals surface area contributed by atoms with E-state index in [1.807, 2.05) is 12.1 Å². The molecule has 1 rings (SSSR count). The van der Waals surface area contributed by atoms with Crippen molar-refractivity contribution >= 4 is 50.9 Å². The summed E-state index contributed by atoms with van der Waals surface area (Å²) in [5.41, 5.74) is 0.633. The Hall–Kier alpha value is -0.190. The molecule has 0 atom stereocenters. The van der Waals surface area contributed by atoms with Crippen LogP contribution in [-0.2, 0) is 4.79 Å². The number of halogens is 2. The Balaban J connectivity index is 2.63. The number of amides is 1. The molecule has 0 unspecified atom stereocenters. The molecule has 0 aromatic heterocycles. The maximum Gasteiger partial charge on any atom is 0.234 e. The summed E-state index contributed by atoms with van der Waals surface area (Å²) in [6, 6.07) is 5.42. The third kappa shape index (κ3) is 5.32. The zero-order valence-electron chi connectivity index (χ0n) is 10.0. The second-order valence-corrected chi connectivity index (χ2v) is 7.61. The van der Waals surface area contributed by atoms with Crippen LogP contribution in [0.2, 0.25) is 5.02 Å². The lowest BCUT2D eigenvalue weighted by atomic mass is 10.3. The molecule has 0 aliphatic carbocycles. The van der Waals surface area contributed by atoms with E-state index in [1.54, 1.807) is 17.8 Å². The highest BCUT2D eigenvalue weighted by atomic mass is 79.9. The van der Waals surface area contributed by atoms with Gasteiger partial charge in [0.25, 0.3) is 0 Å². The number of benzene rings is 1. The van der Waals surface area contributed by atoms with Crippen LogP contribution in [0.15, 0.2) is 22.7 Å². The van der Waals surface area contributed by atoms with Crippen LogP contribution in [0.1, 0.15) is 20.8 Å². The van der Waals surface area contributed by atoms with Gasteiger partial charge in [-0.05, 0) is 28.1 Å². The Labute approximate surface area is 120 Å². The molecular weight excluding hydrogens is 322 g/mol. The predicted octanol–water partition coefficient (Wildman–Crippen LogP) is 4.57. The Morgan fingerprint density at radius 2 is 2.12 bits per heavy atom. The number of carbonyl (C=O) groups excluding carboxylic acids is 1. The highest BCUT2D eigenvalue weighted by molar-refractivity contribution is 9.10. The van der Waals surface area contributed by atoms with Crippen molar-refractivity contribution in [2.24, 2.45) is 0 Å². The van der Waals surface area contributed by atoms with Gasteiger partial charge in [-0.15, -0.1) is 11.8 Å². The Bertz CT molecular complexity index is 397. The maximum atomic E-state index is 11.8. The molecule has 5 heteroatoms. The molecule has 1 aromatic carbocycles. The second kappa shape index (κ2) is 6.12. The fraction of sp³-hybridized carbons (Fsp3) is 0.417. The summed E-state index contributed by atoms with van der Waals surface area (Å²) < 4.78 is 0.869. The lowest BCUT2D eigenvalue weighted by Gasteiger charge is -2.17. The van der Waals surface area contributed by atoms with Crippen molar-refractivity contribution in [3.63, 3.8) is 0 Å². The van der Waals surface area contributed by atoms with E-state index in [4.69, 9.17) is 11.6 Å². The summed E-state index contributed by atoms with van der Waals surface area (Å²) >= 11 is 11.0. The van der Waals surface area contributed by atoms with Gasteiger partial charge in [0.15, 0.2) is 0 Å². The average Bonchev–Trinajstić information content (AvgIpc) is 2.20. The summed E-state index contributed by atoms with van der Waals surface area (Å²) in [7, 11) is 0. The van der Waals surface area contributed by atoms with Crippen molar-refractivity contribution < 1.29 is 4.79 Å². The Morgan fingerprint density at radius 3 is 2.65 bits per heavy atom. The largest absolute Gasteiger partial charge is 0.323 e. The van der Waals surface area contributed by atoms with Crippen LogP contribution in [0.5, 0.6) is 0 Å². The molecule has 2 nitrogen and oxygen atoms in total. The molecule has 17 heavy (non-hydrogen) atoms. The standard InChI is InChI=1S/C12H15BrClNOS/c1-12(2,3)17-7-10(16)15-11-8(13)5-4-6-9(11)14/h4-6H,7H2,1-3H3,(H,15,16). The fourth-order valence-electron chi connectivity index (χ4n) is 1.07. The number of rotatable bonds is 3. The van der Waals surface area contributed by atoms with Crippen LogP contribution >= 0.6 is 39.3 Å². The molecule has 0 heterocycles. The fourth-order valence-corrected chi connectivity index (χ4v) is 2.51. The van der Waals surface area contributed by atoms with Crippen molar-refractivity contribution in [2.75, 3.05) is 11.1 Å². The zero-order chi connectivity index (χ0) is 13.1. The number of nitrogens with one attached hydrogen (secondary N) is 1. The SMILES string of the molecule is CC(C)(C)SCC(=O)Nc1c(Cl)cccc1Br. The molecule has 0 aliphatic rings. The van der Waals surface area contributed by atoms with Gasteiger partial charge in [0.05, 0.1) is 16.5 Å². The Kier molecular flexibility index (Phi) is 5.35. The minimum Gasteiger partial charge on any atom is -0.323 e. The van der Waals surface area contributed by atoms with Crippen molar-refractivity contribution in [3.8, 4) is 0 Å². The van der Waals surface area contributed by atoms with E-state index in [0.29, 0.717) is 16.5 Å². The number of hydrogen-bond donors (Lipinski definition) is 1. The molecule has 0 bridgehead atoms. The number of anilines is 1. The molecule has 1 amide bonds. The molecule has 1 aromatic rings. The second-order valence-electron chi connectivity index (χ2n) is 4.55. The predicted molar refractivity (Wildman–Crippen MR) is 80.0 cm³/mol. The normalized spacial score (nSPS) is 11.4. The number of carbonyl (C=O) groups is 1. The first kappa shape index (κ1) is 14.9. The average molecular weight is 337 g/mol. The van der Waals surface area contributed by atoms with E-state index in [0.717, 1.165) is 4.47 Å². The summed E-state index contributed by atoms with van der Waals surface area (Å²) in [5, 5.41) is 3.35. The number of para-hydroxylation sites is 1. The summed E-state index contributed by atoms with van der Waals surface area (Å²) in [6.07, 6.45) is 0. The van der Waals surface area contributed by atoms with E-state index < -0.39 is 0 Å². The smallest absolute Gasteiger partial charge is 0.234 e. The van der Waals surface area contributed by atoms with Crippen LogP contribution in [0.25, 0.3) is 0 Å². The summed E-state index contributed by atoms with van der Waals surface area (Å²) in [4.78, 5) is 11.8.